The Hall–Kier alpha value is -1.64. The molecule has 20 heavy (non-hydrogen) atoms. The minimum absolute atomic E-state index is 0.0147. The lowest BCUT2D eigenvalue weighted by molar-refractivity contribution is 0.248. The first-order valence-electron chi connectivity index (χ1n) is 6.23. The fourth-order valence-electron chi connectivity index (χ4n) is 2.13. The minimum Gasteiger partial charge on any atom is -0.334 e. The molecule has 1 aromatic rings. The molecule has 0 saturated carbocycles. The maximum atomic E-state index is 11.8. The second kappa shape index (κ2) is 5.78. The number of nitrogens with two attached hydrogens (primary N) is 1. The van der Waals surface area contributed by atoms with Crippen LogP contribution in [0, 0.1) is 0 Å². The first-order chi connectivity index (χ1) is 9.34. The van der Waals surface area contributed by atoms with Gasteiger partial charge in [-0.15, -0.1) is 0 Å². The molecule has 0 spiro atoms. The number of carbonyl (C=O) groups excluding carboxylic acids is 1. The third-order valence-corrected chi connectivity index (χ3v) is 4.10. The van der Waals surface area contributed by atoms with Crippen LogP contribution < -0.4 is 15.8 Å². The van der Waals surface area contributed by atoms with E-state index in [0.717, 1.165) is 19.5 Å². The quantitative estimate of drug-likeness (QED) is 0.739. The van der Waals surface area contributed by atoms with Gasteiger partial charge in [0.2, 0.25) is 10.0 Å². The van der Waals surface area contributed by atoms with Crippen LogP contribution in [0.15, 0.2) is 29.2 Å². The molecule has 8 heteroatoms. The molecular formula is C12H18N4O3S. The lowest BCUT2D eigenvalue weighted by Gasteiger charge is -2.13. The van der Waals surface area contributed by atoms with Crippen LogP contribution >= 0.6 is 0 Å². The molecule has 110 valence electrons. The number of urea groups is 1. The van der Waals surface area contributed by atoms with Gasteiger partial charge in [-0.3, -0.25) is 0 Å². The Morgan fingerprint density at radius 1 is 1.35 bits per heavy atom. The Labute approximate surface area is 118 Å². The summed E-state index contributed by atoms with van der Waals surface area (Å²) in [5.41, 5.74) is 0.515. The van der Waals surface area contributed by atoms with Crippen molar-refractivity contribution in [3.63, 3.8) is 0 Å². The summed E-state index contributed by atoms with van der Waals surface area (Å²) in [4.78, 5) is 13.9. The van der Waals surface area contributed by atoms with Gasteiger partial charge in [0.25, 0.3) is 0 Å². The van der Waals surface area contributed by atoms with Crippen molar-refractivity contribution in [1.82, 2.24) is 10.2 Å². The van der Waals surface area contributed by atoms with Crippen LogP contribution in [0.4, 0.5) is 10.5 Å². The third-order valence-electron chi connectivity index (χ3n) is 3.17. The fraction of sp³-hybridized carbons (Fsp3) is 0.417. The molecule has 0 aliphatic carbocycles. The average molecular weight is 298 g/mol. The third kappa shape index (κ3) is 3.92. The average Bonchev–Trinajstić information content (AvgIpc) is 2.74. The van der Waals surface area contributed by atoms with Gasteiger partial charge in [-0.25, -0.2) is 18.4 Å². The minimum atomic E-state index is -3.71. The maximum Gasteiger partial charge on any atom is 0.319 e. The van der Waals surface area contributed by atoms with Gasteiger partial charge < -0.3 is 15.5 Å². The molecular weight excluding hydrogens is 280 g/mol. The topological polar surface area (TPSA) is 105 Å². The molecule has 1 fully saturated rings. The lowest BCUT2D eigenvalue weighted by Crippen LogP contribution is -2.39. The second-order valence-electron chi connectivity index (χ2n) is 4.92. The zero-order valence-corrected chi connectivity index (χ0v) is 12.0. The number of primary sulfonamides is 1. The Kier molecular flexibility index (Phi) is 4.26. The Balaban J connectivity index is 1.91. The second-order valence-corrected chi connectivity index (χ2v) is 6.48. The zero-order chi connectivity index (χ0) is 14.8. The van der Waals surface area contributed by atoms with Crippen LogP contribution in [0.25, 0.3) is 0 Å². The highest BCUT2D eigenvalue weighted by Gasteiger charge is 2.20. The summed E-state index contributed by atoms with van der Waals surface area (Å²) in [5.74, 6) is 0. The molecule has 1 atom stereocenters. The van der Waals surface area contributed by atoms with Crippen molar-refractivity contribution in [3.05, 3.63) is 24.3 Å². The van der Waals surface area contributed by atoms with E-state index < -0.39 is 10.0 Å². The molecule has 1 aromatic carbocycles. The van der Waals surface area contributed by atoms with E-state index in [4.69, 9.17) is 5.14 Å². The summed E-state index contributed by atoms with van der Waals surface area (Å²) in [7, 11) is -1.70. The molecule has 7 nitrogen and oxygen atoms in total. The summed E-state index contributed by atoms with van der Waals surface area (Å²) in [6, 6.07) is 5.56. The van der Waals surface area contributed by atoms with E-state index >= 15 is 0 Å². The summed E-state index contributed by atoms with van der Waals surface area (Å²) in [5, 5.41) is 10.5. The Bertz CT molecular complexity index is 585. The van der Waals surface area contributed by atoms with Crippen LogP contribution in [-0.4, -0.2) is 45.5 Å². The molecule has 2 amide bonds. The van der Waals surface area contributed by atoms with E-state index in [9.17, 15) is 13.2 Å². The van der Waals surface area contributed by atoms with Gasteiger partial charge in [0, 0.05) is 18.3 Å². The van der Waals surface area contributed by atoms with Crippen LogP contribution in [0.3, 0.4) is 0 Å². The molecule has 1 aliphatic rings. The summed E-state index contributed by atoms with van der Waals surface area (Å²) < 4.78 is 22.2. The molecule has 4 N–H and O–H groups in total. The molecule has 0 bridgehead atoms. The number of hydrogen-bond donors (Lipinski definition) is 3. The van der Waals surface area contributed by atoms with Crippen molar-refractivity contribution in [2.45, 2.75) is 17.4 Å². The predicted octanol–water partition coefficient (Wildman–Crippen LogP) is 0.160. The fourth-order valence-corrected chi connectivity index (χ4v) is 2.65. The largest absolute Gasteiger partial charge is 0.334 e. The summed E-state index contributed by atoms with van der Waals surface area (Å²) in [6.45, 7) is 1.80. The van der Waals surface area contributed by atoms with Gasteiger partial charge in [-0.1, -0.05) is 0 Å². The van der Waals surface area contributed by atoms with Crippen molar-refractivity contribution < 1.29 is 13.2 Å². The van der Waals surface area contributed by atoms with E-state index in [1.165, 1.54) is 24.3 Å². The van der Waals surface area contributed by atoms with Gasteiger partial charge >= 0.3 is 6.03 Å². The Morgan fingerprint density at radius 3 is 2.50 bits per heavy atom. The summed E-state index contributed by atoms with van der Waals surface area (Å²) in [6.07, 6.45) is 0.925. The van der Waals surface area contributed by atoms with E-state index in [2.05, 4.69) is 15.5 Å². The number of carbonyl (C=O) groups is 1. The number of hydrogen-bond acceptors (Lipinski definition) is 4. The number of benzene rings is 1. The van der Waals surface area contributed by atoms with E-state index in [0.29, 0.717) is 5.69 Å². The lowest BCUT2D eigenvalue weighted by atomic mass is 10.3. The molecule has 0 aromatic heterocycles. The number of likely N-dealkylation sites (N-methyl/N-ethyl adjacent to an activating group) is 1. The summed E-state index contributed by atoms with van der Waals surface area (Å²) >= 11 is 0. The van der Waals surface area contributed by atoms with Crippen molar-refractivity contribution in [1.29, 1.82) is 0 Å². The monoisotopic (exact) mass is 298 g/mol. The molecule has 0 radical (unpaired) electrons. The van der Waals surface area contributed by atoms with Gasteiger partial charge in [-0.05, 0) is 44.3 Å². The standard InChI is InChI=1S/C12H18N4O3S/c1-16-7-6-10(8-16)15-12(17)14-9-2-4-11(5-3-9)20(13,18)19/h2-5,10H,6-8H2,1H3,(H2,13,18,19)(H2,14,15,17)/t10-/m1/s1. The number of anilines is 1. The predicted molar refractivity (Wildman–Crippen MR) is 75.9 cm³/mol. The number of amides is 2. The van der Waals surface area contributed by atoms with Crippen LogP contribution in [0.1, 0.15) is 6.42 Å². The molecule has 2 rings (SSSR count). The number of likely N-dealkylation sites (tertiary alicyclic amines) is 1. The number of nitrogens with one attached hydrogen (secondary N) is 2. The van der Waals surface area contributed by atoms with Crippen molar-refractivity contribution in [3.8, 4) is 0 Å². The van der Waals surface area contributed by atoms with Crippen LogP contribution in [0.2, 0.25) is 0 Å². The van der Waals surface area contributed by atoms with Crippen molar-refractivity contribution in [2.24, 2.45) is 5.14 Å². The van der Waals surface area contributed by atoms with E-state index in [1.807, 2.05) is 7.05 Å². The zero-order valence-electron chi connectivity index (χ0n) is 11.2. The Morgan fingerprint density at radius 2 is 2.00 bits per heavy atom. The number of rotatable bonds is 3. The maximum absolute atomic E-state index is 11.8. The molecule has 1 saturated heterocycles. The van der Waals surface area contributed by atoms with Crippen LogP contribution in [0.5, 0.6) is 0 Å². The van der Waals surface area contributed by atoms with Crippen molar-refractivity contribution in [2.75, 3.05) is 25.5 Å². The number of nitrogens with zero attached hydrogens (tertiary/aromatic N) is 1. The van der Waals surface area contributed by atoms with Crippen molar-refractivity contribution >= 4 is 21.7 Å². The molecule has 1 heterocycles. The normalized spacial score (nSPS) is 19.8. The highest BCUT2D eigenvalue weighted by atomic mass is 32.2. The SMILES string of the molecule is CN1CC[C@@H](NC(=O)Nc2ccc(S(N)(=O)=O)cc2)C1. The van der Waals surface area contributed by atoms with Gasteiger partial charge in [0.15, 0.2) is 0 Å². The van der Waals surface area contributed by atoms with Crippen LogP contribution in [-0.2, 0) is 10.0 Å². The molecule has 0 unspecified atom stereocenters. The van der Waals surface area contributed by atoms with Gasteiger partial charge in [0.1, 0.15) is 0 Å². The van der Waals surface area contributed by atoms with Gasteiger partial charge in [-0.2, -0.15) is 0 Å². The number of sulfonamides is 1. The van der Waals surface area contributed by atoms with E-state index in [1.54, 1.807) is 0 Å². The van der Waals surface area contributed by atoms with Gasteiger partial charge in [0.05, 0.1) is 4.90 Å². The highest BCUT2D eigenvalue weighted by molar-refractivity contribution is 7.89. The first-order valence-corrected chi connectivity index (χ1v) is 7.78. The van der Waals surface area contributed by atoms with E-state index in [-0.39, 0.29) is 17.0 Å². The molecule has 1 aliphatic heterocycles. The highest BCUT2D eigenvalue weighted by Crippen LogP contribution is 2.13. The smallest absolute Gasteiger partial charge is 0.319 e. The first kappa shape index (κ1) is 14.8.